The fraction of sp³-hybridized carbons (Fsp3) is 0.235. The van der Waals surface area contributed by atoms with Gasteiger partial charge >= 0.3 is 0 Å². The Morgan fingerprint density at radius 1 is 0.952 bits per heavy atom. The van der Waals surface area contributed by atoms with Gasteiger partial charge in [-0.2, -0.15) is 0 Å². The van der Waals surface area contributed by atoms with Crippen LogP contribution in [0.3, 0.4) is 0 Å². The average Bonchev–Trinajstić information content (AvgIpc) is 2.52. The van der Waals surface area contributed by atoms with Gasteiger partial charge in [-0.05, 0) is 55.5 Å². The number of halogens is 1. The first-order valence-electron chi connectivity index (χ1n) is 6.81. The summed E-state index contributed by atoms with van der Waals surface area (Å²) in [5.74, 6) is 0.741. The molecule has 4 heteroatoms. The highest BCUT2D eigenvalue weighted by molar-refractivity contribution is 9.10. The van der Waals surface area contributed by atoms with Crippen LogP contribution in [-0.2, 0) is 4.74 Å². The number of hydrogen-bond donors (Lipinski definition) is 0. The van der Waals surface area contributed by atoms with E-state index in [1.807, 2.05) is 19.1 Å². The zero-order valence-electron chi connectivity index (χ0n) is 11.8. The van der Waals surface area contributed by atoms with E-state index in [1.54, 1.807) is 36.4 Å². The average molecular weight is 349 g/mol. The van der Waals surface area contributed by atoms with E-state index < -0.39 is 0 Å². The zero-order valence-corrected chi connectivity index (χ0v) is 13.4. The molecular formula is C17H17BrO3. The Kier molecular flexibility index (Phi) is 5.96. The molecule has 0 spiro atoms. The topological polar surface area (TPSA) is 35.5 Å². The second kappa shape index (κ2) is 7.96. The fourth-order valence-electron chi connectivity index (χ4n) is 1.83. The van der Waals surface area contributed by atoms with Gasteiger partial charge in [-0.3, -0.25) is 4.79 Å². The summed E-state index contributed by atoms with van der Waals surface area (Å²) in [5.41, 5.74) is 1.32. The Labute approximate surface area is 133 Å². The van der Waals surface area contributed by atoms with Crippen molar-refractivity contribution in [2.75, 3.05) is 19.8 Å². The quantitative estimate of drug-likeness (QED) is 0.558. The van der Waals surface area contributed by atoms with Gasteiger partial charge in [0, 0.05) is 22.2 Å². The van der Waals surface area contributed by atoms with Crippen molar-refractivity contribution in [1.29, 1.82) is 0 Å². The summed E-state index contributed by atoms with van der Waals surface area (Å²) in [6, 6.07) is 14.5. The van der Waals surface area contributed by atoms with Gasteiger partial charge in [-0.1, -0.05) is 15.9 Å². The Balaban J connectivity index is 1.98. The first-order chi connectivity index (χ1) is 10.2. The van der Waals surface area contributed by atoms with Gasteiger partial charge in [0.15, 0.2) is 5.78 Å². The van der Waals surface area contributed by atoms with Gasteiger partial charge in [0.05, 0.1) is 6.61 Å². The highest BCUT2D eigenvalue weighted by atomic mass is 79.9. The molecule has 0 bridgehead atoms. The lowest BCUT2D eigenvalue weighted by molar-refractivity contribution is 0.103. The van der Waals surface area contributed by atoms with Crippen molar-refractivity contribution in [1.82, 2.24) is 0 Å². The fourth-order valence-corrected chi connectivity index (χ4v) is 2.10. The van der Waals surface area contributed by atoms with E-state index in [0.717, 1.165) is 10.2 Å². The van der Waals surface area contributed by atoms with E-state index in [1.165, 1.54) is 0 Å². The SMILES string of the molecule is CCOCCOc1ccc(C(=O)c2ccc(Br)cc2)cc1. The van der Waals surface area contributed by atoms with Gasteiger partial charge in [-0.15, -0.1) is 0 Å². The number of carbonyl (C=O) groups is 1. The number of hydrogen-bond acceptors (Lipinski definition) is 3. The van der Waals surface area contributed by atoms with E-state index in [0.29, 0.717) is 30.9 Å². The summed E-state index contributed by atoms with van der Waals surface area (Å²) in [4.78, 5) is 12.3. The molecule has 0 aliphatic heterocycles. The minimum Gasteiger partial charge on any atom is -0.491 e. The first kappa shape index (κ1) is 15.7. The zero-order chi connectivity index (χ0) is 15.1. The second-order valence-electron chi connectivity index (χ2n) is 4.41. The minimum atomic E-state index is 0.00312. The molecule has 110 valence electrons. The Morgan fingerprint density at radius 2 is 1.52 bits per heavy atom. The monoisotopic (exact) mass is 348 g/mol. The second-order valence-corrected chi connectivity index (χ2v) is 5.32. The van der Waals surface area contributed by atoms with Gasteiger partial charge in [-0.25, -0.2) is 0 Å². The summed E-state index contributed by atoms with van der Waals surface area (Å²) in [5, 5.41) is 0. The number of carbonyl (C=O) groups excluding carboxylic acids is 1. The molecule has 2 aromatic rings. The molecule has 2 aromatic carbocycles. The molecule has 0 N–H and O–H groups in total. The van der Waals surface area contributed by atoms with Crippen molar-refractivity contribution >= 4 is 21.7 Å². The molecule has 0 aliphatic carbocycles. The minimum absolute atomic E-state index is 0.00312. The molecule has 0 fully saturated rings. The maximum atomic E-state index is 12.3. The predicted octanol–water partition coefficient (Wildman–Crippen LogP) is 4.10. The Bertz CT molecular complexity index is 576. The molecule has 2 rings (SSSR count). The van der Waals surface area contributed by atoms with Gasteiger partial charge in [0.1, 0.15) is 12.4 Å². The van der Waals surface area contributed by atoms with E-state index >= 15 is 0 Å². The van der Waals surface area contributed by atoms with Crippen LogP contribution in [-0.4, -0.2) is 25.6 Å². The van der Waals surface area contributed by atoms with E-state index in [9.17, 15) is 4.79 Å². The summed E-state index contributed by atoms with van der Waals surface area (Å²) in [7, 11) is 0. The van der Waals surface area contributed by atoms with Gasteiger partial charge in [0.2, 0.25) is 0 Å². The van der Waals surface area contributed by atoms with Crippen LogP contribution in [0.1, 0.15) is 22.8 Å². The van der Waals surface area contributed by atoms with Crippen LogP contribution in [0.25, 0.3) is 0 Å². The molecule has 3 nitrogen and oxygen atoms in total. The maximum Gasteiger partial charge on any atom is 0.193 e. The van der Waals surface area contributed by atoms with Crippen molar-refractivity contribution in [2.45, 2.75) is 6.92 Å². The molecule has 0 atom stereocenters. The van der Waals surface area contributed by atoms with Crippen LogP contribution in [0.2, 0.25) is 0 Å². The van der Waals surface area contributed by atoms with Crippen molar-refractivity contribution in [2.24, 2.45) is 0 Å². The number of rotatable bonds is 7. The molecule has 0 aliphatic rings. The maximum absolute atomic E-state index is 12.3. The lowest BCUT2D eigenvalue weighted by atomic mass is 10.0. The lowest BCUT2D eigenvalue weighted by Gasteiger charge is -2.07. The van der Waals surface area contributed by atoms with Crippen molar-refractivity contribution in [3.8, 4) is 5.75 Å². The smallest absolute Gasteiger partial charge is 0.193 e. The van der Waals surface area contributed by atoms with Crippen molar-refractivity contribution in [3.63, 3.8) is 0 Å². The molecule has 0 aromatic heterocycles. The Morgan fingerprint density at radius 3 is 2.10 bits per heavy atom. The first-order valence-corrected chi connectivity index (χ1v) is 7.61. The lowest BCUT2D eigenvalue weighted by Crippen LogP contribution is -2.06. The normalized spacial score (nSPS) is 10.4. The largest absolute Gasteiger partial charge is 0.491 e. The molecule has 0 unspecified atom stereocenters. The molecule has 0 saturated carbocycles. The van der Waals surface area contributed by atoms with Crippen molar-refractivity contribution < 1.29 is 14.3 Å². The number of ketones is 1. The highest BCUT2D eigenvalue weighted by Crippen LogP contribution is 2.17. The molecular weight excluding hydrogens is 332 g/mol. The van der Waals surface area contributed by atoms with Crippen LogP contribution in [0, 0.1) is 0 Å². The van der Waals surface area contributed by atoms with Crippen LogP contribution in [0.4, 0.5) is 0 Å². The standard InChI is InChI=1S/C17H17BrO3/c1-2-20-11-12-21-16-9-5-14(6-10-16)17(19)13-3-7-15(18)8-4-13/h3-10H,2,11-12H2,1H3. The number of benzene rings is 2. The molecule has 0 radical (unpaired) electrons. The van der Waals surface area contributed by atoms with Crippen LogP contribution >= 0.6 is 15.9 Å². The third kappa shape index (κ3) is 4.69. The summed E-state index contributed by atoms with van der Waals surface area (Å²) in [6.45, 7) is 3.70. The molecule has 0 heterocycles. The predicted molar refractivity (Wildman–Crippen MR) is 86.0 cm³/mol. The van der Waals surface area contributed by atoms with Crippen LogP contribution < -0.4 is 4.74 Å². The molecule has 0 amide bonds. The third-order valence-electron chi connectivity index (χ3n) is 2.92. The summed E-state index contributed by atoms with van der Waals surface area (Å²) in [6.07, 6.45) is 0. The van der Waals surface area contributed by atoms with Crippen molar-refractivity contribution in [3.05, 3.63) is 64.1 Å². The highest BCUT2D eigenvalue weighted by Gasteiger charge is 2.08. The summed E-state index contributed by atoms with van der Waals surface area (Å²) < 4.78 is 11.7. The van der Waals surface area contributed by atoms with Crippen LogP contribution in [0.15, 0.2) is 53.0 Å². The van der Waals surface area contributed by atoms with Crippen LogP contribution in [0.5, 0.6) is 5.75 Å². The van der Waals surface area contributed by atoms with Gasteiger partial charge in [0.25, 0.3) is 0 Å². The van der Waals surface area contributed by atoms with E-state index in [-0.39, 0.29) is 5.78 Å². The Hall–Kier alpha value is -1.65. The molecule has 21 heavy (non-hydrogen) atoms. The van der Waals surface area contributed by atoms with E-state index in [4.69, 9.17) is 9.47 Å². The molecule has 0 saturated heterocycles. The van der Waals surface area contributed by atoms with E-state index in [2.05, 4.69) is 15.9 Å². The van der Waals surface area contributed by atoms with Gasteiger partial charge < -0.3 is 9.47 Å². The number of ether oxygens (including phenoxy) is 2. The summed E-state index contributed by atoms with van der Waals surface area (Å²) >= 11 is 3.36. The third-order valence-corrected chi connectivity index (χ3v) is 3.45.